The van der Waals surface area contributed by atoms with Crippen LogP contribution in [0.5, 0.6) is 0 Å². The van der Waals surface area contributed by atoms with Crippen LogP contribution in [0.4, 0.5) is 14.4 Å². The Morgan fingerprint density at radius 3 is 1.38 bits per heavy atom. The molecule has 32 heavy (non-hydrogen) atoms. The highest BCUT2D eigenvalue weighted by molar-refractivity contribution is 6.63. The van der Waals surface area contributed by atoms with Gasteiger partial charge in [0.15, 0.2) is 11.3 Å². The maximum atomic E-state index is 14.3. The van der Waals surface area contributed by atoms with E-state index in [1.807, 2.05) is 0 Å². The van der Waals surface area contributed by atoms with Crippen molar-refractivity contribution in [2.75, 3.05) is 62.3 Å². The zero-order chi connectivity index (χ0) is 23.9. The van der Waals surface area contributed by atoms with E-state index in [1.165, 1.54) is 48.7 Å². The van der Waals surface area contributed by atoms with Crippen LogP contribution < -0.4 is 0 Å². The fourth-order valence-corrected chi connectivity index (χ4v) is 10.8. The molecular weight excluding hydrogens is 458 g/mol. The number of amides is 6. The van der Waals surface area contributed by atoms with Crippen LogP contribution in [0.1, 0.15) is 12.8 Å². The molecular formula is C18H33N3O9Si2+2. The summed E-state index contributed by atoms with van der Waals surface area (Å²) < 4.78 is 32.6. The highest BCUT2D eigenvalue weighted by Crippen LogP contribution is 2.49. The van der Waals surface area contributed by atoms with Crippen LogP contribution in [-0.4, -0.2) is 123 Å². The van der Waals surface area contributed by atoms with Crippen LogP contribution in [0.3, 0.4) is 0 Å². The van der Waals surface area contributed by atoms with Gasteiger partial charge in [0.2, 0.25) is 0 Å². The Labute approximate surface area is 190 Å². The zero-order valence-electron chi connectivity index (χ0n) is 19.5. The zero-order valence-corrected chi connectivity index (χ0v) is 21.5. The summed E-state index contributed by atoms with van der Waals surface area (Å²) in [5.74, 6) is 0. The first kappa shape index (κ1) is 25.3. The summed E-state index contributed by atoms with van der Waals surface area (Å²) in [4.78, 5) is 42.8. The Balaban J connectivity index is 2.19. The van der Waals surface area contributed by atoms with Gasteiger partial charge in [0.25, 0.3) is 0 Å². The predicted molar refractivity (Wildman–Crippen MR) is 114 cm³/mol. The van der Waals surface area contributed by atoms with Crippen molar-refractivity contribution in [3.8, 4) is 0 Å². The van der Waals surface area contributed by atoms with Gasteiger partial charge in [-0.15, -0.1) is 15.5 Å². The van der Waals surface area contributed by atoms with Gasteiger partial charge in [0.1, 0.15) is 13.1 Å². The minimum Gasteiger partial charge on any atom is -0.373 e. The molecule has 3 saturated heterocycles. The highest BCUT2D eigenvalue weighted by Gasteiger charge is 2.86. The summed E-state index contributed by atoms with van der Waals surface area (Å²) in [6.07, 6.45) is 2.41. The van der Waals surface area contributed by atoms with Crippen LogP contribution in [0.25, 0.3) is 0 Å². The lowest BCUT2D eigenvalue weighted by Gasteiger charge is -2.59. The largest absolute Gasteiger partial charge is 0.563 e. The Bertz CT molecular complexity index is 732. The van der Waals surface area contributed by atoms with Gasteiger partial charge < -0.3 is 26.6 Å². The van der Waals surface area contributed by atoms with Crippen LogP contribution >= 0.6 is 0 Å². The van der Waals surface area contributed by atoms with Gasteiger partial charge >= 0.3 is 35.7 Å². The summed E-state index contributed by atoms with van der Waals surface area (Å²) in [6.45, 7) is 4.07. The van der Waals surface area contributed by atoms with Crippen molar-refractivity contribution < 1.29 is 49.9 Å². The van der Waals surface area contributed by atoms with Crippen molar-refractivity contribution in [2.24, 2.45) is 0 Å². The van der Waals surface area contributed by atoms with Crippen molar-refractivity contribution in [1.29, 1.82) is 0 Å². The molecule has 3 aliphatic heterocycles. The number of rotatable bonds is 10. The maximum absolute atomic E-state index is 14.3. The van der Waals surface area contributed by atoms with Crippen LogP contribution in [-0.2, 0) is 26.6 Å². The predicted octanol–water partition coefficient (Wildman–Crippen LogP) is 0.861. The Morgan fingerprint density at radius 2 is 1.16 bits per heavy atom. The molecule has 12 nitrogen and oxygen atoms in total. The van der Waals surface area contributed by atoms with Crippen molar-refractivity contribution in [2.45, 2.75) is 24.2 Å². The molecule has 0 aromatic heterocycles. The minimum atomic E-state index is -3.42. The van der Waals surface area contributed by atoms with Gasteiger partial charge in [-0.25, -0.2) is 9.59 Å². The third kappa shape index (κ3) is 2.85. The van der Waals surface area contributed by atoms with E-state index in [-0.39, 0.29) is 19.6 Å². The number of hydrogen-bond donors (Lipinski definition) is 0. The molecule has 4 atom stereocenters. The third-order valence-corrected chi connectivity index (χ3v) is 13.7. The Morgan fingerprint density at radius 1 is 0.812 bits per heavy atom. The first-order chi connectivity index (χ1) is 15.2. The molecule has 14 heteroatoms. The molecule has 0 saturated carbocycles. The fourth-order valence-electron chi connectivity index (χ4n) is 5.44. The Kier molecular flexibility index (Phi) is 6.94. The van der Waals surface area contributed by atoms with E-state index in [1.54, 1.807) is 0 Å². The van der Waals surface area contributed by atoms with Gasteiger partial charge in [0.05, 0.1) is 19.4 Å². The molecule has 0 aromatic rings. The number of quaternary nitrogens is 2. The molecule has 6 amide bonds. The minimum absolute atomic E-state index is 0.0343. The summed E-state index contributed by atoms with van der Waals surface area (Å²) in [5, 5.41) is 0. The van der Waals surface area contributed by atoms with Crippen molar-refractivity contribution in [3.63, 3.8) is 0 Å². The lowest BCUT2D eigenvalue weighted by molar-refractivity contribution is -0.964. The van der Waals surface area contributed by atoms with Gasteiger partial charge in [-0.2, -0.15) is 9.69 Å². The summed E-state index contributed by atoms with van der Waals surface area (Å²) >= 11 is 0. The van der Waals surface area contributed by atoms with Gasteiger partial charge in [-0.3, -0.25) is 0 Å². The average molecular weight is 492 g/mol. The van der Waals surface area contributed by atoms with Crippen molar-refractivity contribution in [3.05, 3.63) is 12.7 Å². The molecule has 0 radical (unpaired) electrons. The highest BCUT2D eigenvalue weighted by atomic mass is 28.4. The molecule has 3 heterocycles. The third-order valence-electron chi connectivity index (χ3n) is 7.24. The van der Waals surface area contributed by atoms with Gasteiger partial charge in [-0.1, -0.05) is 6.08 Å². The molecule has 0 bridgehead atoms. The lowest BCUT2D eigenvalue weighted by atomic mass is 10.0. The van der Waals surface area contributed by atoms with E-state index in [0.717, 1.165) is 4.90 Å². The van der Waals surface area contributed by atoms with Crippen LogP contribution in [0, 0.1) is 0 Å². The average Bonchev–Trinajstić information content (AvgIpc) is 2.77. The van der Waals surface area contributed by atoms with Crippen LogP contribution in [0.2, 0.25) is 0 Å². The van der Waals surface area contributed by atoms with E-state index >= 15 is 0 Å². The second-order valence-corrected chi connectivity index (χ2v) is 14.2. The summed E-state index contributed by atoms with van der Waals surface area (Å²) in [7, 11) is 1.79. The normalized spacial score (nSPS) is 32.9. The summed E-state index contributed by atoms with van der Waals surface area (Å²) in [6, 6.07) is -1.78. The van der Waals surface area contributed by atoms with Gasteiger partial charge in [-0.05, 0) is 0 Å². The first-order valence-corrected chi connectivity index (χ1v) is 13.9. The Hall–Kier alpha value is -1.34. The topological polar surface area (TPSA) is 110 Å². The quantitative estimate of drug-likeness (QED) is 0.250. The van der Waals surface area contributed by atoms with Crippen molar-refractivity contribution >= 4 is 35.7 Å². The molecule has 3 fully saturated rings. The fraction of sp³-hybridized carbons (Fsp3) is 0.722. The number of carbonyl (C=O) groups excluding carboxylic acids is 3. The standard InChI is InChI=1S/C18H33N3O9Si2/c1-8-11-19-16(22)20(12-9-14(20)31(25-2,26-3)27-4)18(24)21(17(19)23)13-10-15(21)32(28-5,29-6)30-7/h8,14-15H,1,9-13H2,2-7H3/q+2. The van der Waals surface area contributed by atoms with E-state index in [0.29, 0.717) is 12.8 Å². The molecule has 0 aromatic carbocycles. The maximum Gasteiger partial charge on any atom is 0.563 e. The molecule has 3 aliphatic rings. The number of imide groups is 3. The van der Waals surface area contributed by atoms with E-state index in [2.05, 4.69) is 6.58 Å². The summed E-state index contributed by atoms with van der Waals surface area (Å²) in [5.41, 5.74) is -1.36. The SMILES string of the molecule is C=CCN1C(=O)[N+]2(CCC2[Si](OC)(OC)OC)C(=O)[N+]2(CCC2[Si](OC)(OC)OC)C1=O. The molecule has 0 aliphatic carbocycles. The van der Waals surface area contributed by atoms with E-state index in [9.17, 15) is 14.4 Å². The molecule has 2 spiro atoms. The molecule has 180 valence electrons. The van der Waals surface area contributed by atoms with E-state index < -0.39 is 56.0 Å². The monoisotopic (exact) mass is 491 g/mol. The second-order valence-electron chi connectivity index (χ2n) is 7.97. The van der Waals surface area contributed by atoms with Crippen LogP contribution in [0.15, 0.2) is 12.7 Å². The number of urea groups is 3. The van der Waals surface area contributed by atoms with Crippen molar-refractivity contribution in [1.82, 2.24) is 4.90 Å². The lowest BCUT2D eigenvalue weighted by Crippen LogP contribution is -2.94. The molecule has 3 rings (SSSR count). The van der Waals surface area contributed by atoms with E-state index in [4.69, 9.17) is 26.6 Å². The van der Waals surface area contributed by atoms with Gasteiger partial charge in [0, 0.05) is 42.7 Å². The molecule has 4 unspecified atom stereocenters. The molecule has 0 N–H and O–H groups in total. The smallest absolute Gasteiger partial charge is 0.373 e. The first-order valence-electron chi connectivity index (χ1n) is 10.3. The number of carbonyl (C=O) groups is 3. The second kappa shape index (κ2) is 8.79. The number of hydrogen-bond acceptors (Lipinski definition) is 9. The number of nitrogens with zero attached hydrogens (tertiary/aromatic N) is 3.